The number of thiophene rings is 1. The summed E-state index contributed by atoms with van der Waals surface area (Å²) < 4.78 is 6.16. The summed E-state index contributed by atoms with van der Waals surface area (Å²) in [6, 6.07) is 1.67. The Morgan fingerprint density at radius 1 is 0.939 bits per heavy atom. The van der Waals surface area contributed by atoms with E-state index in [1.165, 1.54) is 29.8 Å². The standard InChI is InChI=1S/C42H58O6S/c1-25(2)26-12-19-42(20-13-29-27(35(44)45)16-23-49-29)22-21-40(8)28(34(26)42)10-11-31-39(7)17-15-32(48-33(43)24-37(3,4)36(46)47)38(5,6)30(39)14-18-41(31,40)9/h16,23,26,28,30-32,34H,1,10-12,14-15,17-19,21-22,24H2,2-9H3,(H,44,45)(H,46,47)/t26-,28?,30?,31?,32-,34?,39-,40+,41+,42-/m0/s1. The second-order valence-electron chi connectivity index (χ2n) is 18.8. The summed E-state index contributed by atoms with van der Waals surface area (Å²) in [6.07, 6.45) is 10.5. The topological polar surface area (TPSA) is 101 Å². The van der Waals surface area contributed by atoms with Gasteiger partial charge in [-0.3, -0.25) is 9.59 Å². The largest absolute Gasteiger partial charge is 0.481 e. The molecule has 2 N–H and O–H groups in total. The highest BCUT2D eigenvalue weighted by Crippen LogP contribution is 2.77. The number of ether oxygens (including phenoxy) is 1. The van der Waals surface area contributed by atoms with Gasteiger partial charge in [0, 0.05) is 10.8 Å². The third kappa shape index (κ3) is 5.44. The van der Waals surface area contributed by atoms with E-state index in [2.05, 4.69) is 60.0 Å². The predicted molar refractivity (Wildman–Crippen MR) is 193 cm³/mol. The average molecular weight is 691 g/mol. The van der Waals surface area contributed by atoms with Crippen molar-refractivity contribution in [2.24, 2.45) is 62.1 Å². The van der Waals surface area contributed by atoms with E-state index in [0.29, 0.717) is 40.0 Å². The Hall–Kier alpha value is -2.59. The fourth-order valence-corrected chi connectivity index (χ4v) is 13.7. The van der Waals surface area contributed by atoms with Crippen LogP contribution in [0.1, 0.15) is 141 Å². The van der Waals surface area contributed by atoms with Crippen LogP contribution in [0.3, 0.4) is 0 Å². The Morgan fingerprint density at radius 3 is 2.31 bits per heavy atom. The van der Waals surface area contributed by atoms with Crippen LogP contribution < -0.4 is 0 Å². The van der Waals surface area contributed by atoms with Crippen molar-refractivity contribution in [1.82, 2.24) is 0 Å². The van der Waals surface area contributed by atoms with E-state index in [9.17, 15) is 24.6 Å². The number of hydrogen-bond donors (Lipinski definition) is 2. The van der Waals surface area contributed by atoms with Crippen LogP contribution in [0, 0.1) is 73.9 Å². The van der Waals surface area contributed by atoms with Crippen molar-refractivity contribution < 1.29 is 29.3 Å². The molecule has 0 bridgehead atoms. The monoisotopic (exact) mass is 690 g/mol. The third-order valence-electron chi connectivity index (χ3n) is 15.8. The SMILES string of the molecule is C=C(C)[C@@H]1CC[C@]2(C#Cc3sccc3C(=O)O)CC[C@]3(C)C(CCC4[C@@]5(C)CC[C@H](OC(=O)CC(C)(C)C(=O)O)C(C)(C)C5CC[C@]43C)C12. The van der Waals surface area contributed by atoms with Gasteiger partial charge in [-0.1, -0.05) is 58.6 Å². The fraction of sp³-hybridized carbons (Fsp3) is 0.738. The van der Waals surface area contributed by atoms with E-state index < -0.39 is 23.3 Å². The first-order valence-corrected chi connectivity index (χ1v) is 19.5. The van der Waals surface area contributed by atoms with Gasteiger partial charge < -0.3 is 14.9 Å². The third-order valence-corrected chi connectivity index (χ3v) is 16.6. The van der Waals surface area contributed by atoms with Gasteiger partial charge in [0.05, 0.1) is 22.3 Å². The molecule has 268 valence electrons. The molecular weight excluding hydrogens is 633 g/mol. The van der Waals surface area contributed by atoms with Crippen molar-refractivity contribution in [2.75, 3.05) is 0 Å². The number of fused-ring (bicyclic) bond motifs is 7. The van der Waals surface area contributed by atoms with Crippen LogP contribution >= 0.6 is 11.3 Å². The van der Waals surface area contributed by atoms with E-state index in [1.54, 1.807) is 19.9 Å². The minimum absolute atomic E-state index is 0.114. The van der Waals surface area contributed by atoms with Crippen molar-refractivity contribution in [3.8, 4) is 11.8 Å². The first-order chi connectivity index (χ1) is 22.7. The first-order valence-electron chi connectivity index (χ1n) is 18.7. The normalized spacial score (nSPS) is 40.7. The molecule has 0 radical (unpaired) electrons. The number of aromatic carboxylic acids is 1. The molecule has 7 heteroatoms. The van der Waals surface area contributed by atoms with Crippen LogP contribution in [0.2, 0.25) is 0 Å². The second-order valence-corrected chi connectivity index (χ2v) is 19.7. The lowest BCUT2D eigenvalue weighted by molar-refractivity contribution is -0.247. The minimum Gasteiger partial charge on any atom is -0.481 e. The molecule has 6 rings (SSSR count). The zero-order chi connectivity index (χ0) is 35.9. The zero-order valence-corrected chi connectivity index (χ0v) is 31.9. The molecule has 1 aromatic heterocycles. The number of esters is 1. The number of allylic oxidation sites excluding steroid dienone is 1. The lowest BCUT2D eigenvalue weighted by Gasteiger charge is -2.72. The van der Waals surface area contributed by atoms with Gasteiger partial charge in [-0.2, -0.15) is 0 Å². The Bertz CT molecular complexity index is 1610. The van der Waals surface area contributed by atoms with Gasteiger partial charge in [0.25, 0.3) is 0 Å². The van der Waals surface area contributed by atoms with Crippen molar-refractivity contribution in [3.63, 3.8) is 0 Å². The van der Waals surface area contributed by atoms with Crippen LogP contribution in [0.25, 0.3) is 0 Å². The van der Waals surface area contributed by atoms with Gasteiger partial charge in [0.2, 0.25) is 0 Å². The Morgan fingerprint density at radius 2 is 1.65 bits per heavy atom. The molecule has 5 fully saturated rings. The van der Waals surface area contributed by atoms with E-state index in [1.807, 2.05) is 5.38 Å². The second kappa shape index (κ2) is 12.0. The number of carboxylic acid groups (broad SMARTS) is 2. The lowest BCUT2D eigenvalue weighted by atomic mass is 9.32. The Labute approximate surface area is 297 Å². The minimum atomic E-state index is -1.15. The summed E-state index contributed by atoms with van der Waals surface area (Å²) in [5, 5.41) is 21.2. The summed E-state index contributed by atoms with van der Waals surface area (Å²) in [4.78, 5) is 37.3. The maximum absolute atomic E-state index is 13.1. The molecule has 5 aliphatic carbocycles. The highest BCUT2D eigenvalue weighted by Gasteiger charge is 2.71. The zero-order valence-electron chi connectivity index (χ0n) is 31.0. The lowest BCUT2D eigenvalue weighted by Crippen LogP contribution is -2.66. The number of carbonyl (C=O) groups is 3. The molecule has 0 saturated heterocycles. The smallest absolute Gasteiger partial charge is 0.337 e. The molecule has 4 unspecified atom stereocenters. The summed E-state index contributed by atoms with van der Waals surface area (Å²) in [5.41, 5.74) is 0.553. The number of hydrogen-bond acceptors (Lipinski definition) is 5. The molecule has 49 heavy (non-hydrogen) atoms. The highest BCUT2D eigenvalue weighted by atomic mass is 32.1. The molecule has 0 aliphatic heterocycles. The molecule has 10 atom stereocenters. The molecule has 5 saturated carbocycles. The van der Waals surface area contributed by atoms with Gasteiger partial charge in [-0.25, -0.2) is 4.79 Å². The van der Waals surface area contributed by atoms with Gasteiger partial charge >= 0.3 is 17.9 Å². The van der Waals surface area contributed by atoms with Gasteiger partial charge in [-0.15, -0.1) is 11.3 Å². The number of carboxylic acids is 2. The van der Waals surface area contributed by atoms with Crippen LogP contribution in [0.5, 0.6) is 0 Å². The Kier molecular flexibility index (Phi) is 8.86. The molecule has 0 amide bonds. The predicted octanol–water partition coefficient (Wildman–Crippen LogP) is 9.87. The van der Waals surface area contributed by atoms with Crippen LogP contribution in [0.15, 0.2) is 23.6 Å². The van der Waals surface area contributed by atoms with Crippen molar-refractivity contribution in [3.05, 3.63) is 34.0 Å². The van der Waals surface area contributed by atoms with Crippen LogP contribution in [-0.2, 0) is 14.3 Å². The number of aliphatic carboxylic acids is 1. The molecule has 6 nitrogen and oxygen atoms in total. The molecule has 5 aliphatic rings. The van der Waals surface area contributed by atoms with Crippen molar-refractivity contribution >= 4 is 29.2 Å². The maximum atomic E-state index is 13.1. The molecule has 1 heterocycles. The Balaban J connectivity index is 1.29. The van der Waals surface area contributed by atoms with E-state index in [-0.39, 0.29) is 39.6 Å². The van der Waals surface area contributed by atoms with Gasteiger partial charge in [-0.05, 0) is 142 Å². The number of rotatable bonds is 6. The van der Waals surface area contributed by atoms with Crippen LogP contribution in [0.4, 0.5) is 0 Å². The molecule has 1 aromatic rings. The van der Waals surface area contributed by atoms with Crippen molar-refractivity contribution in [2.45, 2.75) is 132 Å². The molecule has 0 spiro atoms. The molecule has 0 aromatic carbocycles. The van der Waals surface area contributed by atoms with Gasteiger partial charge in [0.1, 0.15) is 6.10 Å². The van der Waals surface area contributed by atoms with E-state index in [0.717, 1.165) is 51.4 Å². The summed E-state index contributed by atoms with van der Waals surface area (Å²) in [7, 11) is 0. The summed E-state index contributed by atoms with van der Waals surface area (Å²) in [5.74, 6) is 7.30. The fourth-order valence-electron chi connectivity index (χ4n) is 12.9. The quantitative estimate of drug-likeness (QED) is 0.175. The van der Waals surface area contributed by atoms with Crippen LogP contribution in [-0.4, -0.2) is 34.2 Å². The highest BCUT2D eigenvalue weighted by molar-refractivity contribution is 7.10. The first kappa shape index (κ1) is 36.2. The number of carbonyl (C=O) groups excluding carboxylic acids is 1. The average Bonchev–Trinajstić information content (AvgIpc) is 3.63. The maximum Gasteiger partial charge on any atom is 0.337 e. The van der Waals surface area contributed by atoms with Crippen molar-refractivity contribution in [1.29, 1.82) is 0 Å². The summed E-state index contributed by atoms with van der Waals surface area (Å²) in [6.45, 7) is 22.2. The van der Waals surface area contributed by atoms with E-state index >= 15 is 0 Å². The van der Waals surface area contributed by atoms with E-state index in [4.69, 9.17) is 4.74 Å². The molecular formula is C42H58O6S. The van der Waals surface area contributed by atoms with Gasteiger partial charge in [0.15, 0.2) is 0 Å². The summed E-state index contributed by atoms with van der Waals surface area (Å²) >= 11 is 1.43.